The predicted octanol–water partition coefficient (Wildman–Crippen LogP) is 2.50. The molecule has 0 unspecified atom stereocenters. The maximum atomic E-state index is 11.8. The molecule has 20 heavy (non-hydrogen) atoms. The highest BCUT2D eigenvalue weighted by Crippen LogP contribution is 2.25. The second kappa shape index (κ2) is 8.04. The normalized spacial score (nSPS) is 11.2. The first-order chi connectivity index (χ1) is 8.69. The molecule has 1 heterocycles. The maximum Gasteiger partial charge on any atom is 0.251 e. The molecule has 4 nitrogen and oxygen atoms in total. The van der Waals surface area contributed by atoms with Crippen LogP contribution in [0.1, 0.15) is 28.8 Å². The number of amides is 1. The van der Waals surface area contributed by atoms with E-state index < -0.39 is 0 Å². The van der Waals surface area contributed by atoms with Gasteiger partial charge in [0.2, 0.25) is 0 Å². The number of nitrogens with one attached hydrogen (secondary N) is 1. The Morgan fingerprint density at radius 2 is 2.05 bits per heavy atom. The number of carbonyl (C=O) groups is 1. The Morgan fingerprint density at radius 1 is 1.35 bits per heavy atom. The Morgan fingerprint density at radius 3 is 2.65 bits per heavy atom. The number of nitrogens with zero attached hydrogens (tertiary/aromatic N) is 1. The van der Waals surface area contributed by atoms with Crippen LogP contribution in [0, 0.1) is 0 Å². The van der Waals surface area contributed by atoms with Crippen LogP contribution < -0.4 is 11.1 Å². The summed E-state index contributed by atoms with van der Waals surface area (Å²) in [5.41, 5.74) is 8.30. The van der Waals surface area contributed by atoms with Crippen LogP contribution in [0.25, 0.3) is 10.9 Å². The van der Waals surface area contributed by atoms with Crippen molar-refractivity contribution in [2.45, 2.75) is 12.8 Å². The number of halogens is 2. The Kier molecular flexibility index (Phi) is 7.50. The lowest BCUT2D eigenvalue weighted by molar-refractivity contribution is 0.0964. The van der Waals surface area contributed by atoms with Gasteiger partial charge >= 0.3 is 0 Å². The number of rotatable bonds is 3. The van der Waals surface area contributed by atoms with E-state index in [2.05, 4.69) is 17.2 Å². The first-order valence-corrected chi connectivity index (χ1v) is 5.98. The molecule has 0 bridgehead atoms. The third-order valence-electron chi connectivity index (χ3n) is 3.16. The van der Waals surface area contributed by atoms with Gasteiger partial charge in [0.15, 0.2) is 0 Å². The molecule has 0 fully saturated rings. The first kappa shape index (κ1) is 18.6. The molecule has 2 rings (SSSR count). The topological polar surface area (TPSA) is 68.0 Å². The number of nitrogens with two attached hydrogens (primary N) is 1. The SMILES string of the molecule is CNC(=O)c1ccnc2c([C@H](C)CN)cccc12.Cl.Cl. The van der Waals surface area contributed by atoms with Gasteiger partial charge < -0.3 is 11.1 Å². The first-order valence-electron chi connectivity index (χ1n) is 5.98. The van der Waals surface area contributed by atoms with Crippen molar-refractivity contribution in [3.8, 4) is 0 Å². The summed E-state index contributed by atoms with van der Waals surface area (Å²) >= 11 is 0. The van der Waals surface area contributed by atoms with Crippen LogP contribution in [0.4, 0.5) is 0 Å². The highest BCUT2D eigenvalue weighted by Gasteiger charge is 2.13. The number of pyridine rings is 1. The molecular weight excluding hydrogens is 297 g/mol. The van der Waals surface area contributed by atoms with Crippen molar-refractivity contribution in [2.24, 2.45) is 5.73 Å². The second-order valence-corrected chi connectivity index (χ2v) is 4.32. The monoisotopic (exact) mass is 315 g/mol. The number of benzene rings is 1. The smallest absolute Gasteiger partial charge is 0.251 e. The fourth-order valence-electron chi connectivity index (χ4n) is 2.06. The molecule has 0 aliphatic carbocycles. The lowest BCUT2D eigenvalue weighted by atomic mass is 9.96. The Labute approximate surface area is 131 Å². The van der Waals surface area contributed by atoms with E-state index in [0.29, 0.717) is 12.1 Å². The van der Waals surface area contributed by atoms with Crippen LogP contribution >= 0.6 is 24.8 Å². The zero-order chi connectivity index (χ0) is 13.1. The van der Waals surface area contributed by atoms with Crippen LogP contribution in [0.15, 0.2) is 30.5 Å². The molecular formula is C14H19Cl2N3O. The van der Waals surface area contributed by atoms with E-state index in [1.54, 1.807) is 19.3 Å². The molecule has 6 heteroatoms. The minimum absolute atomic E-state index is 0. The summed E-state index contributed by atoms with van der Waals surface area (Å²) in [7, 11) is 1.63. The van der Waals surface area contributed by atoms with Crippen LogP contribution in [-0.4, -0.2) is 24.5 Å². The van der Waals surface area contributed by atoms with Crippen molar-refractivity contribution in [3.63, 3.8) is 0 Å². The molecule has 3 N–H and O–H groups in total. The van der Waals surface area contributed by atoms with E-state index in [1.165, 1.54) is 0 Å². The number of aromatic nitrogens is 1. The largest absolute Gasteiger partial charge is 0.355 e. The van der Waals surface area contributed by atoms with E-state index >= 15 is 0 Å². The molecule has 0 spiro atoms. The summed E-state index contributed by atoms with van der Waals surface area (Å²) < 4.78 is 0. The van der Waals surface area contributed by atoms with Gasteiger partial charge in [-0.1, -0.05) is 25.1 Å². The standard InChI is InChI=1S/C14H17N3O.2ClH/c1-9(8-15)10-4-3-5-11-12(14(18)16-2)6-7-17-13(10)11;;/h3-7,9H,8,15H2,1-2H3,(H,16,18);2*1H/t9-;;/m1../s1. The maximum absolute atomic E-state index is 11.8. The molecule has 1 amide bonds. The van der Waals surface area contributed by atoms with Gasteiger partial charge in [-0.05, 0) is 24.1 Å². The minimum atomic E-state index is -0.0973. The van der Waals surface area contributed by atoms with Gasteiger partial charge in [-0.15, -0.1) is 24.8 Å². The van der Waals surface area contributed by atoms with E-state index in [0.717, 1.165) is 16.5 Å². The van der Waals surface area contributed by atoms with Crippen molar-refractivity contribution in [2.75, 3.05) is 13.6 Å². The van der Waals surface area contributed by atoms with Crippen LogP contribution in [0.3, 0.4) is 0 Å². The number of fused-ring (bicyclic) bond motifs is 1. The average molecular weight is 316 g/mol. The van der Waals surface area contributed by atoms with Crippen molar-refractivity contribution in [1.82, 2.24) is 10.3 Å². The average Bonchev–Trinajstić information content (AvgIpc) is 2.44. The van der Waals surface area contributed by atoms with Gasteiger partial charge in [0.1, 0.15) is 0 Å². The summed E-state index contributed by atoms with van der Waals surface area (Å²) in [5, 5.41) is 3.51. The second-order valence-electron chi connectivity index (χ2n) is 4.32. The summed E-state index contributed by atoms with van der Waals surface area (Å²) in [4.78, 5) is 16.2. The van der Waals surface area contributed by atoms with Gasteiger partial charge in [-0.3, -0.25) is 9.78 Å². The summed E-state index contributed by atoms with van der Waals surface area (Å²) in [6, 6.07) is 7.61. The zero-order valence-electron chi connectivity index (χ0n) is 11.4. The fraction of sp³-hybridized carbons (Fsp3) is 0.286. The Hall–Kier alpha value is -1.36. The summed E-state index contributed by atoms with van der Waals surface area (Å²) in [5.74, 6) is 0.126. The molecule has 0 aliphatic rings. The third-order valence-corrected chi connectivity index (χ3v) is 3.16. The lowest BCUT2D eigenvalue weighted by Gasteiger charge is -2.13. The van der Waals surface area contributed by atoms with E-state index in [9.17, 15) is 4.79 Å². The quantitative estimate of drug-likeness (QED) is 0.914. The number of carbonyl (C=O) groups excluding carboxylic acids is 1. The highest BCUT2D eigenvalue weighted by molar-refractivity contribution is 6.06. The Balaban J connectivity index is 0.00000180. The molecule has 1 aromatic heterocycles. The number of hydrogen-bond acceptors (Lipinski definition) is 3. The van der Waals surface area contributed by atoms with Gasteiger partial charge in [0.25, 0.3) is 5.91 Å². The molecule has 2 aromatic rings. The minimum Gasteiger partial charge on any atom is -0.355 e. The van der Waals surface area contributed by atoms with Gasteiger partial charge in [-0.25, -0.2) is 0 Å². The molecule has 0 saturated carbocycles. The third kappa shape index (κ3) is 3.39. The Bertz CT molecular complexity index is 590. The van der Waals surface area contributed by atoms with Crippen LogP contribution in [0.2, 0.25) is 0 Å². The van der Waals surface area contributed by atoms with E-state index in [-0.39, 0.29) is 36.6 Å². The van der Waals surface area contributed by atoms with E-state index in [1.807, 2.05) is 18.2 Å². The molecule has 1 aromatic carbocycles. The van der Waals surface area contributed by atoms with Crippen molar-refractivity contribution < 1.29 is 4.79 Å². The van der Waals surface area contributed by atoms with Gasteiger partial charge in [0.05, 0.1) is 11.1 Å². The van der Waals surface area contributed by atoms with Crippen molar-refractivity contribution in [3.05, 3.63) is 41.6 Å². The van der Waals surface area contributed by atoms with Gasteiger partial charge in [0, 0.05) is 18.6 Å². The predicted molar refractivity (Wildman–Crippen MR) is 87.1 cm³/mol. The molecule has 0 radical (unpaired) electrons. The number of hydrogen-bond donors (Lipinski definition) is 2. The zero-order valence-corrected chi connectivity index (χ0v) is 13.1. The lowest BCUT2D eigenvalue weighted by Crippen LogP contribution is -2.18. The molecule has 110 valence electrons. The summed E-state index contributed by atoms with van der Waals surface area (Å²) in [6.07, 6.45) is 1.67. The van der Waals surface area contributed by atoms with Crippen molar-refractivity contribution >= 4 is 41.6 Å². The van der Waals surface area contributed by atoms with E-state index in [4.69, 9.17) is 5.73 Å². The molecule has 1 atom stereocenters. The van der Waals surface area contributed by atoms with Crippen LogP contribution in [-0.2, 0) is 0 Å². The fourth-order valence-corrected chi connectivity index (χ4v) is 2.06. The van der Waals surface area contributed by atoms with Crippen molar-refractivity contribution in [1.29, 1.82) is 0 Å². The molecule has 0 aliphatic heterocycles. The number of para-hydroxylation sites is 1. The molecule has 0 saturated heterocycles. The summed E-state index contributed by atoms with van der Waals surface area (Å²) in [6.45, 7) is 2.62. The highest BCUT2D eigenvalue weighted by atomic mass is 35.5. The van der Waals surface area contributed by atoms with Gasteiger partial charge in [-0.2, -0.15) is 0 Å². The van der Waals surface area contributed by atoms with Crippen LogP contribution in [0.5, 0.6) is 0 Å².